The lowest BCUT2D eigenvalue weighted by Crippen LogP contribution is -2.14. The molecule has 0 atom stereocenters. The molecule has 0 spiro atoms. The number of benzene rings is 1. The highest BCUT2D eigenvalue weighted by atomic mass is 32.2. The van der Waals surface area contributed by atoms with Crippen LogP contribution >= 0.6 is 23.1 Å². The van der Waals surface area contributed by atoms with Gasteiger partial charge in [-0.25, -0.2) is 9.97 Å². The van der Waals surface area contributed by atoms with E-state index in [9.17, 15) is 9.59 Å². The molecule has 0 unspecified atom stereocenters. The van der Waals surface area contributed by atoms with Gasteiger partial charge in [0, 0.05) is 17.3 Å². The van der Waals surface area contributed by atoms with Gasteiger partial charge in [-0.15, -0.1) is 21.5 Å². The quantitative estimate of drug-likeness (QED) is 0.318. The van der Waals surface area contributed by atoms with Gasteiger partial charge in [-0.1, -0.05) is 30.0 Å². The highest BCUT2D eigenvalue weighted by Crippen LogP contribution is 2.27. The van der Waals surface area contributed by atoms with E-state index in [1.165, 1.54) is 23.1 Å². The molecule has 11 heteroatoms. The molecular weight excluding hydrogens is 436 g/mol. The number of ether oxygens (including phenoxy) is 1. The maximum atomic E-state index is 12.3. The summed E-state index contributed by atoms with van der Waals surface area (Å²) in [6.45, 7) is 4.89. The molecule has 0 fully saturated rings. The molecule has 0 bridgehead atoms. The minimum atomic E-state index is -0.342. The molecule has 4 aromatic rings. The average Bonchev–Trinajstić information content (AvgIpc) is 3.33. The van der Waals surface area contributed by atoms with Crippen molar-refractivity contribution in [2.75, 3.05) is 17.7 Å². The van der Waals surface area contributed by atoms with Crippen molar-refractivity contribution in [1.82, 2.24) is 24.7 Å². The molecule has 160 valence electrons. The summed E-state index contributed by atoms with van der Waals surface area (Å²) in [4.78, 5) is 32.7. The van der Waals surface area contributed by atoms with Gasteiger partial charge >= 0.3 is 5.97 Å². The number of hydrogen-bond acceptors (Lipinski definition) is 9. The minimum Gasteiger partial charge on any atom is -0.466 e. The molecule has 31 heavy (non-hydrogen) atoms. The average molecular weight is 457 g/mol. The standard InChI is InChI=1S/C20H20N6O3S2/c1-3-26-14-8-6-5-7-13(14)17-18(26)23-20(25-24-17)31-11-15(27)22-19-21-12(10-30-19)9-16(28)29-4-2/h5-8,10H,3-4,9,11H2,1-2H3,(H,21,22,27). The second kappa shape index (κ2) is 9.40. The molecule has 0 radical (unpaired) electrons. The van der Waals surface area contributed by atoms with Crippen LogP contribution in [0.4, 0.5) is 5.13 Å². The lowest BCUT2D eigenvalue weighted by molar-refractivity contribution is -0.142. The number of para-hydroxylation sites is 1. The summed E-state index contributed by atoms with van der Waals surface area (Å²) in [5.74, 6) is -0.459. The van der Waals surface area contributed by atoms with Gasteiger partial charge in [-0.05, 0) is 19.9 Å². The van der Waals surface area contributed by atoms with Gasteiger partial charge in [0.05, 0.1) is 30.0 Å². The van der Waals surface area contributed by atoms with Crippen LogP contribution in [0.25, 0.3) is 22.1 Å². The van der Waals surface area contributed by atoms with Crippen molar-refractivity contribution in [3.8, 4) is 0 Å². The lowest BCUT2D eigenvalue weighted by Gasteiger charge is -2.03. The largest absolute Gasteiger partial charge is 0.466 e. The summed E-state index contributed by atoms with van der Waals surface area (Å²) in [6.07, 6.45) is 0.0832. The van der Waals surface area contributed by atoms with Crippen molar-refractivity contribution in [2.24, 2.45) is 0 Å². The number of thiazole rings is 1. The van der Waals surface area contributed by atoms with E-state index in [2.05, 4.69) is 37.0 Å². The Labute approximate surface area is 186 Å². The number of nitrogens with zero attached hydrogens (tertiary/aromatic N) is 5. The van der Waals surface area contributed by atoms with E-state index in [1.807, 2.05) is 24.3 Å². The van der Waals surface area contributed by atoms with Crippen LogP contribution in [0.1, 0.15) is 19.5 Å². The van der Waals surface area contributed by atoms with Gasteiger partial charge in [0.1, 0.15) is 5.52 Å². The first-order valence-corrected chi connectivity index (χ1v) is 11.6. The highest BCUT2D eigenvalue weighted by molar-refractivity contribution is 7.99. The second-order valence-electron chi connectivity index (χ2n) is 6.49. The predicted molar refractivity (Wildman–Crippen MR) is 120 cm³/mol. The zero-order valence-corrected chi connectivity index (χ0v) is 18.6. The number of carbonyl (C=O) groups excluding carboxylic acids is 2. The molecule has 0 saturated carbocycles. The zero-order chi connectivity index (χ0) is 21.8. The van der Waals surface area contributed by atoms with E-state index in [1.54, 1.807) is 12.3 Å². The molecule has 1 aromatic carbocycles. The first kappa shape index (κ1) is 21.2. The number of anilines is 1. The first-order chi connectivity index (χ1) is 15.1. The van der Waals surface area contributed by atoms with Crippen molar-refractivity contribution in [2.45, 2.75) is 32.0 Å². The van der Waals surface area contributed by atoms with Crippen molar-refractivity contribution in [3.05, 3.63) is 35.3 Å². The number of thioether (sulfide) groups is 1. The minimum absolute atomic E-state index is 0.0832. The van der Waals surface area contributed by atoms with E-state index < -0.39 is 0 Å². The normalized spacial score (nSPS) is 11.2. The highest BCUT2D eigenvalue weighted by Gasteiger charge is 2.15. The van der Waals surface area contributed by atoms with Crippen LogP contribution in [-0.2, 0) is 27.3 Å². The van der Waals surface area contributed by atoms with Crippen LogP contribution < -0.4 is 5.32 Å². The second-order valence-corrected chi connectivity index (χ2v) is 8.29. The Hall–Kier alpha value is -3.05. The SMILES string of the molecule is CCOC(=O)Cc1csc(NC(=O)CSc2nnc3c4ccccc4n(CC)c3n2)n1. The van der Waals surface area contributed by atoms with Gasteiger partial charge in [0.15, 0.2) is 10.8 Å². The van der Waals surface area contributed by atoms with Gasteiger partial charge in [-0.2, -0.15) is 0 Å². The number of aryl methyl sites for hydroxylation is 1. The van der Waals surface area contributed by atoms with Crippen LogP contribution in [0.3, 0.4) is 0 Å². The van der Waals surface area contributed by atoms with Crippen LogP contribution in [0.2, 0.25) is 0 Å². The number of amides is 1. The van der Waals surface area contributed by atoms with Gasteiger partial charge in [0.2, 0.25) is 11.1 Å². The van der Waals surface area contributed by atoms with Crippen LogP contribution in [0, 0.1) is 0 Å². The number of hydrogen-bond donors (Lipinski definition) is 1. The topological polar surface area (TPSA) is 112 Å². The monoisotopic (exact) mass is 456 g/mol. The van der Waals surface area contributed by atoms with Crippen LogP contribution in [0.15, 0.2) is 34.8 Å². The summed E-state index contributed by atoms with van der Waals surface area (Å²) in [5.41, 5.74) is 3.13. The Morgan fingerprint density at radius 1 is 1.19 bits per heavy atom. The summed E-state index contributed by atoms with van der Waals surface area (Å²) in [7, 11) is 0. The molecule has 0 aliphatic rings. The van der Waals surface area contributed by atoms with E-state index in [0.717, 1.165) is 28.6 Å². The maximum Gasteiger partial charge on any atom is 0.311 e. The molecule has 1 amide bonds. The number of fused-ring (bicyclic) bond motifs is 3. The molecular formula is C20H20N6O3S2. The number of rotatable bonds is 8. The third-order valence-electron chi connectivity index (χ3n) is 4.43. The Balaban J connectivity index is 1.41. The van der Waals surface area contributed by atoms with Crippen LogP contribution in [-0.4, -0.2) is 49.0 Å². The molecule has 0 aliphatic carbocycles. The van der Waals surface area contributed by atoms with Gasteiger partial charge < -0.3 is 14.6 Å². The number of aromatic nitrogens is 5. The van der Waals surface area contributed by atoms with E-state index in [0.29, 0.717) is 22.6 Å². The Morgan fingerprint density at radius 3 is 2.84 bits per heavy atom. The fourth-order valence-electron chi connectivity index (χ4n) is 3.16. The fraction of sp³-hybridized carbons (Fsp3) is 0.300. The molecule has 1 N–H and O–H groups in total. The number of carbonyl (C=O) groups is 2. The molecule has 0 aliphatic heterocycles. The van der Waals surface area contributed by atoms with E-state index in [-0.39, 0.29) is 24.1 Å². The van der Waals surface area contributed by atoms with Crippen molar-refractivity contribution >= 4 is 62.2 Å². The third-order valence-corrected chi connectivity index (χ3v) is 6.08. The fourth-order valence-corrected chi connectivity index (χ4v) is 4.47. The zero-order valence-electron chi connectivity index (χ0n) is 17.0. The summed E-state index contributed by atoms with van der Waals surface area (Å²) < 4.78 is 6.99. The lowest BCUT2D eigenvalue weighted by atomic mass is 10.2. The molecule has 9 nitrogen and oxygen atoms in total. The molecule has 3 heterocycles. The number of esters is 1. The van der Waals surface area contributed by atoms with Gasteiger partial charge in [-0.3, -0.25) is 9.59 Å². The maximum absolute atomic E-state index is 12.3. The van der Waals surface area contributed by atoms with E-state index >= 15 is 0 Å². The Morgan fingerprint density at radius 2 is 2.03 bits per heavy atom. The smallest absolute Gasteiger partial charge is 0.311 e. The molecule has 0 saturated heterocycles. The summed E-state index contributed by atoms with van der Waals surface area (Å²) in [6, 6.07) is 7.99. The van der Waals surface area contributed by atoms with Crippen molar-refractivity contribution in [3.63, 3.8) is 0 Å². The van der Waals surface area contributed by atoms with Gasteiger partial charge in [0.25, 0.3) is 0 Å². The Kier molecular flexibility index (Phi) is 6.42. The summed E-state index contributed by atoms with van der Waals surface area (Å²) in [5, 5.41) is 14.9. The van der Waals surface area contributed by atoms with Crippen LogP contribution in [0.5, 0.6) is 0 Å². The predicted octanol–water partition coefficient (Wildman–Crippen LogP) is 3.29. The van der Waals surface area contributed by atoms with Crippen molar-refractivity contribution < 1.29 is 14.3 Å². The van der Waals surface area contributed by atoms with E-state index in [4.69, 9.17) is 4.74 Å². The summed E-state index contributed by atoms with van der Waals surface area (Å²) >= 11 is 2.47. The molecule has 3 aromatic heterocycles. The Bertz CT molecular complexity index is 1250. The third kappa shape index (κ3) is 4.67. The van der Waals surface area contributed by atoms with Crippen molar-refractivity contribution in [1.29, 1.82) is 0 Å². The first-order valence-electron chi connectivity index (χ1n) is 9.73. The molecule has 4 rings (SSSR count). The number of nitrogens with one attached hydrogen (secondary N) is 1.